The van der Waals surface area contributed by atoms with Gasteiger partial charge in [0.05, 0.1) is 0 Å². The van der Waals surface area contributed by atoms with Crippen molar-refractivity contribution in [1.29, 1.82) is 0 Å². The Morgan fingerprint density at radius 3 is 2.70 bits per heavy atom. The fourth-order valence-corrected chi connectivity index (χ4v) is 0.533. The Bertz CT molecular complexity index is 262. The van der Waals surface area contributed by atoms with E-state index in [4.69, 9.17) is 0 Å². The highest BCUT2D eigenvalue weighted by Gasteiger charge is 2.09. The summed E-state index contributed by atoms with van der Waals surface area (Å²) in [7, 11) is 0. The molecule has 0 radical (unpaired) electrons. The van der Waals surface area contributed by atoms with Crippen LogP contribution in [0.3, 0.4) is 0 Å². The van der Waals surface area contributed by atoms with Crippen LogP contribution < -0.4 is 0 Å². The zero-order valence-corrected chi connectivity index (χ0v) is 4.84. The lowest BCUT2D eigenvalue weighted by atomic mass is 10.3. The van der Waals surface area contributed by atoms with Gasteiger partial charge in [0.2, 0.25) is 5.95 Å². The highest BCUT2D eigenvalue weighted by atomic mass is 19.1. The Morgan fingerprint density at radius 2 is 2.30 bits per heavy atom. The topological polar surface area (TPSA) is 30.0 Å². The quantitative estimate of drug-likeness (QED) is 0.438. The van der Waals surface area contributed by atoms with E-state index in [0.29, 0.717) is 0 Å². The molecule has 52 valence electrons. The van der Waals surface area contributed by atoms with E-state index in [0.717, 1.165) is 12.3 Å². The molecule has 0 saturated carbocycles. The van der Waals surface area contributed by atoms with Crippen molar-refractivity contribution < 1.29 is 13.6 Å². The minimum atomic E-state index is -1.80. The van der Waals surface area contributed by atoms with E-state index < -0.39 is 17.5 Å². The van der Waals surface area contributed by atoms with Crippen LogP contribution in [0.15, 0.2) is 18.3 Å². The van der Waals surface area contributed by atoms with E-state index in [2.05, 4.69) is 4.98 Å². The molecule has 0 bridgehead atoms. The summed E-state index contributed by atoms with van der Waals surface area (Å²) < 4.78 is 24.0. The van der Waals surface area contributed by atoms with Crippen molar-refractivity contribution in [3.8, 4) is 0 Å². The second kappa shape index (κ2) is 2.51. The second-order valence-electron chi connectivity index (χ2n) is 1.62. The average molecular weight is 143 g/mol. The number of carbonyl (C=O) groups is 1. The minimum Gasteiger partial charge on any atom is -0.255 e. The molecule has 1 heterocycles. The molecule has 0 spiro atoms. The maximum atomic E-state index is 12.3. The van der Waals surface area contributed by atoms with Crippen LogP contribution in [-0.2, 0) is 0 Å². The Morgan fingerprint density at radius 1 is 1.60 bits per heavy atom. The molecule has 0 aliphatic rings. The molecule has 1 aromatic heterocycles. The van der Waals surface area contributed by atoms with E-state index in [9.17, 15) is 13.6 Å². The van der Waals surface area contributed by atoms with Gasteiger partial charge in [0.25, 0.3) is 0 Å². The standard InChI is InChI=1S/C6H3F2NO/c7-5-4(6(8)10)2-1-3-9-5/h1-3H. The highest BCUT2D eigenvalue weighted by molar-refractivity contribution is 5.88. The number of rotatable bonds is 1. The first kappa shape index (κ1) is 6.80. The maximum Gasteiger partial charge on any atom is 0.336 e. The van der Waals surface area contributed by atoms with Gasteiger partial charge in [0.15, 0.2) is 0 Å². The van der Waals surface area contributed by atoms with Gasteiger partial charge in [0.1, 0.15) is 5.56 Å². The molecule has 0 unspecified atom stereocenters. The van der Waals surface area contributed by atoms with Crippen LogP contribution in [0, 0.1) is 5.95 Å². The summed E-state index contributed by atoms with van der Waals surface area (Å²) in [5, 5.41) is 0. The highest BCUT2D eigenvalue weighted by Crippen LogP contribution is 2.03. The molecule has 2 nitrogen and oxygen atoms in total. The predicted molar refractivity (Wildman–Crippen MR) is 29.6 cm³/mol. The molecule has 0 atom stereocenters. The summed E-state index contributed by atoms with van der Waals surface area (Å²) in [6, 6.07) is 0.520. The Kier molecular flexibility index (Phi) is 1.71. The van der Waals surface area contributed by atoms with E-state index in [1.165, 1.54) is 6.07 Å². The molecule has 0 aliphatic carbocycles. The number of halogens is 2. The van der Waals surface area contributed by atoms with Crippen LogP contribution >= 0.6 is 0 Å². The molecule has 1 rings (SSSR count). The Balaban J connectivity index is 3.15. The Hall–Kier alpha value is -1.32. The molecule has 0 saturated heterocycles. The molecular formula is C6H3F2NO. The zero-order chi connectivity index (χ0) is 7.56. The van der Waals surface area contributed by atoms with E-state index in [-0.39, 0.29) is 0 Å². The van der Waals surface area contributed by atoms with Gasteiger partial charge in [-0.15, -0.1) is 0 Å². The van der Waals surface area contributed by atoms with Crippen molar-refractivity contribution in [3.05, 3.63) is 29.8 Å². The maximum absolute atomic E-state index is 12.3. The van der Waals surface area contributed by atoms with Crippen molar-refractivity contribution in [3.63, 3.8) is 0 Å². The van der Waals surface area contributed by atoms with Crippen molar-refractivity contribution in [2.75, 3.05) is 0 Å². The van der Waals surface area contributed by atoms with Gasteiger partial charge in [-0.25, -0.2) is 4.98 Å². The summed E-state index contributed by atoms with van der Waals surface area (Å²) in [4.78, 5) is 13.0. The third kappa shape index (κ3) is 1.15. The van der Waals surface area contributed by atoms with Gasteiger partial charge in [0, 0.05) is 6.20 Å². The van der Waals surface area contributed by atoms with Gasteiger partial charge >= 0.3 is 6.04 Å². The molecule has 10 heavy (non-hydrogen) atoms. The molecule has 4 heteroatoms. The van der Waals surface area contributed by atoms with Crippen LogP contribution in [0.5, 0.6) is 0 Å². The van der Waals surface area contributed by atoms with Gasteiger partial charge in [-0.1, -0.05) is 0 Å². The van der Waals surface area contributed by atoms with Crippen LogP contribution in [0.25, 0.3) is 0 Å². The molecular weight excluding hydrogens is 140 g/mol. The number of aromatic nitrogens is 1. The van der Waals surface area contributed by atoms with E-state index in [1.54, 1.807) is 0 Å². The number of hydrogen-bond acceptors (Lipinski definition) is 2. The summed E-state index contributed by atoms with van der Waals surface area (Å²) >= 11 is 0. The smallest absolute Gasteiger partial charge is 0.255 e. The first-order chi connectivity index (χ1) is 4.72. The predicted octanol–water partition coefficient (Wildman–Crippen LogP) is 1.33. The number of carbonyl (C=O) groups excluding carboxylic acids is 1. The summed E-state index contributed by atoms with van der Waals surface area (Å²) in [6.07, 6.45) is 1.14. The Labute approximate surface area is 55.5 Å². The van der Waals surface area contributed by atoms with Gasteiger partial charge in [-0.3, -0.25) is 4.79 Å². The fourth-order valence-electron chi connectivity index (χ4n) is 0.533. The van der Waals surface area contributed by atoms with Crippen LogP contribution in [-0.4, -0.2) is 11.0 Å². The molecule has 0 amide bonds. The third-order valence-corrected chi connectivity index (χ3v) is 0.971. The van der Waals surface area contributed by atoms with Crippen LogP contribution in [0.1, 0.15) is 10.4 Å². The lowest BCUT2D eigenvalue weighted by molar-refractivity contribution is 0.0830. The van der Waals surface area contributed by atoms with Crippen molar-refractivity contribution in [2.24, 2.45) is 0 Å². The lowest BCUT2D eigenvalue weighted by Crippen LogP contribution is -1.96. The molecule has 1 aromatic rings. The lowest BCUT2D eigenvalue weighted by Gasteiger charge is -1.90. The van der Waals surface area contributed by atoms with Crippen LogP contribution in [0.2, 0.25) is 0 Å². The first-order valence-electron chi connectivity index (χ1n) is 2.52. The van der Waals surface area contributed by atoms with Gasteiger partial charge in [-0.05, 0) is 12.1 Å². The van der Waals surface area contributed by atoms with Crippen LogP contribution in [0.4, 0.5) is 8.78 Å². The summed E-state index contributed by atoms with van der Waals surface area (Å²) in [5.74, 6) is -1.07. The van der Waals surface area contributed by atoms with Gasteiger partial charge < -0.3 is 0 Å². The van der Waals surface area contributed by atoms with E-state index >= 15 is 0 Å². The number of hydrogen-bond donors (Lipinski definition) is 0. The van der Waals surface area contributed by atoms with Crippen molar-refractivity contribution in [1.82, 2.24) is 4.98 Å². The first-order valence-corrected chi connectivity index (χ1v) is 2.52. The normalized spacial score (nSPS) is 9.40. The minimum absolute atomic E-state index is 0.623. The second-order valence-corrected chi connectivity index (χ2v) is 1.62. The zero-order valence-electron chi connectivity index (χ0n) is 4.84. The largest absolute Gasteiger partial charge is 0.336 e. The third-order valence-electron chi connectivity index (χ3n) is 0.971. The van der Waals surface area contributed by atoms with Crippen molar-refractivity contribution >= 4 is 6.04 Å². The monoisotopic (exact) mass is 143 g/mol. The molecule has 0 N–H and O–H groups in total. The SMILES string of the molecule is O=C(F)c1cccnc1F. The fraction of sp³-hybridized carbons (Fsp3) is 0. The summed E-state index contributed by atoms with van der Waals surface area (Å²) in [5.41, 5.74) is -0.623. The summed E-state index contributed by atoms with van der Waals surface area (Å²) in [6.45, 7) is 0. The molecule has 0 fully saturated rings. The molecule has 0 aromatic carbocycles. The average Bonchev–Trinajstić information content (AvgIpc) is 1.88. The number of nitrogens with zero attached hydrogens (tertiary/aromatic N) is 1. The van der Waals surface area contributed by atoms with Crippen molar-refractivity contribution in [2.45, 2.75) is 0 Å². The van der Waals surface area contributed by atoms with Gasteiger partial charge in [-0.2, -0.15) is 8.78 Å². The number of pyridine rings is 1. The van der Waals surface area contributed by atoms with E-state index in [1.807, 2.05) is 0 Å². The molecule has 0 aliphatic heterocycles.